The molecule has 1 atom stereocenters. The molecule has 2 amide bonds. The summed E-state index contributed by atoms with van der Waals surface area (Å²) in [4.78, 5) is 39.9. The molecule has 3 aromatic carbocycles. The van der Waals surface area contributed by atoms with Crippen LogP contribution in [0.4, 0.5) is 9.18 Å². The molecule has 0 bridgehead atoms. The quantitative estimate of drug-likeness (QED) is 0.509. The van der Waals surface area contributed by atoms with E-state index in [1.807, 2.05) is 60.7 Å². The van der Waals surface area contributed by atoms with Gasteiger partial charge in [0.1, 0.15) is 25.1 Å². The Morgan fingerprint density at radius 2 is 1.39 bits per heavy atom. The van der Waals surface area contributed by atoms with E-state index < -0.39 is 29.8 Å². The molecule has 8 nitrogen and oxygen atoms in total. The van der Waals surface area contributed by atoms with Gasteiger partial charge < -0.3 is 14.4 Å². The van der Waals surface area contributed by atoms with E-state index in [1.165, 1.54) is 34.2 Å². The molecular weight excluding hydrogens is 465 g/mol. The number of esters is 1. The fourth-order valence-electron chi connectivity index (χ4n) is 3.72. The molecule has 4 rings (SSSR count). The van der Waals surface area contributed by atoms with Gasteiger partial charge in [0, 0.05) is 18.7 Å². The number of ether oxygens (including phenoxy) is 2. The summed E-state index contributed by atoms with van der Waals surface area (Å²) in [6.45, 7) is 0.502. The minimum Gasteiger partial charge on any atom is -0.460 e. The van der Waals surface area contributed by atoms with E-state index in [0.717, 1.165) is 11.1 Å². The number of hydrogen-bond donors (Lipinski definition) is 1. The van der Waals surface area contributed by atoms with Crippen LogP contribution in [-0.2, 0) is 27.5 Å². The van der Waals surface area contributed by atoms with Crippen molar-refractivity contribution in [1.82, 2.24) is 15.3 Å². The molecule has 1 fully saturated rings. The van der Waals surface area contributed by atoms with Crippen LogP contribution in [0.1, 0.15) is 21.5 Å². The highest BCUT2D eigenvalue weighted by Gasteiger charge is 2.37. The van der Waals surface area contributed by atoms with E-state index in [9.17, 15) is 18.8 Å². The lowest BCUT2D eigenvalue weighted by Crippen LogP contribution is -2.63. The molecule has 1 unspecified atom stereocenters. The van der Waals surface area contributed by atoms with E-state index in [1.54, 1.807) is 0 Å². The molecule has 1 aliphatic heterocycles. The maximum Gasteiger partial charge on any atom is 0.410 e. The fourth-order valence-corrected chi connectivity index (χ4v) is 3.72. The first kappa shape index (κ1) is 24.9. The van der Waals surface area contributed by atoms with Crippen LogP contribution in [0.15, 0.2) is 84.9 Å². The second-order valence-corrected chi connectivity index (χ2v) is 8.24. The number of piperazine rings is 1. The van der Waals surface area contributed by atoms with Crippen LogP contribution in [0.25, 0.3) is 0 Å². The first-order valence-corrected chi connectivity index (χ1v) is 11.5. The van der Waals surface area contributed by atoms with Crippen LogP contribution < -0.4 is 5.43 Å². The Morgan fingerprint density at radius 1 is 0.806 bits per heavy atom. The highest BCUT2D eigenvalue weighted by atomic mass is 19.1. The standard InChI is InChI=1S/C27H26FN3O5/c28-23-13-11-22(12-14-23)25(32)29-31-16-15-30(27(34)36-19-21-9-5-2-6-10-21)17-24(31)26(33)35-18-20-7-3-1-4-8-20/h1-14,24H,15-19H2,(H,29,32). The first-order chi connectivity index (χ1) is 17.5. The van der Waals surface area contributed by atoms with Gasteiger partial charge in [0.25, 0.3) is 5.91 Å². The van der Waals surface area contributed by atoms with Gasteiger partial charge >= 0.3 is 12.1 Å². The smallest absolute Gasteiger partial charge is 0.410 e. The Bertz CT molecular complexity index is 1180. The molecule has 1 heterocycles. The van der Waals surface area contributed by atoms with Crippen molar-refractivity contribution in [1.29, 1.82) is 0 Å². The van der Waals surface area contributed by atoms with Crippen LogP contribution >= 0.6 is 0 Å². The molecule has 9 heteroatoms. The van der Waals surface area contributed by atoms with Crippen LogP contribution in [-0.4, -0.2) is 53.6 Å². The molecule has 0 aliphatic carbocycles. The molecule has 0 radical (unpaired) electrons. The average molecular weight is 492 g/mol. The summed E-state index contributed by atoms with van der Waals surface area (Å²) in [6, 6.07) is 22.6. The molecule has 0 spiro atoms. The second-order valence-electron chi connectivity index (χ2n) is 8.24. The maximum atomic E-state index is 13.2. The number of hydrogen-bond acceptors (Lipinski definition) is 6. The normalized spacial score (nSPS) is 15.7. The lowest BCUT2D eigenvalue weighted by atomic mass is 10.2. The van der Waals surface area contributed by atoms with Crippen molar-refractivity contribution in [3.63, 3.8) is 0 Å². The van der Waals surface area contributed by atoms with Gasteiger partial charge in [-0.1, -0.05) is 60.7 Å². The summed E-state index contributed by atoms with van der Waals surface area (Å²) in [7, 11) is 0. The molecular formula is C27H26FN3O5. The predicted molar refractivity (Wildman–Crippen MR) is 129 cm³/mol. The summed E-state index contributed by atoms with van der Waals surface area (Å²) in [5.74, 6) is -1.56. The van der Waals surface area contributed by atoms with Crippen LogP contribution in [0, 0.1) is 5.82 Å². The number of hydrazine groups is 1. The lowest BCUT2D eigenvalue weighted by molar-refractivity contribution is -0.155. The number of carbonyl (C=O) groups is 3. The van der Waals surface area contributed by atoms with Crippen molar-refractivity contribution in [2.45, 2.75) is 19.3 Å². The van der Waals surface area contributed by atoms with Gasteiger partial charge in [-0.3, -0.25) is 15.0 Å². The number of amides is 2. The minimum absolute atomic E-state index is 0.0368. The Balaban J connectivity index is 1.43. The van der Waals surface area contributed by atoms with Gasteiger partial charge in [-0.25, -0.2) is 14.2 Å². The third-order valence-corrected chi connectivity index (χ3v) is 5.69. The lowest BCUT2D eigenvalue weighted by Gasteiger charge is -2.39. The van der Waals surface area contributed by atoms with Crippen LogP contribution in [0.3, 0.4) is 0 Å². The minimum atomic E-state index is -0.962. The number of carbonyl (C=O) groups excluding carboxylic acids is 3. The summed E-state index contributed by atoms with van der Waals surface area (Å²) in [5.41, 5.74) is 4.58. The molecule has 1 saturated heterocycles. The largest absolute Gasteiger partial charge is 0.460 e. The third kappa shape index (κ3) is 6.67. The molecule has 1 aliphatic rings. The van der Waals surface area contributed by atoms with Gasteiger partial charge in [-0.05, 0) is 35.4 Å². The van der Waals surface area contributed by atoms with Gasteiger partial charge in [0.2, 0.25) is 0 Å². The van der Waals surface area contributed by atoms with Crippen molar-refractivity contribution in [3.05, 3.63) is 107 Å². The zero-order valence-corrected chi connectivity index (χ0v) is 19.5. The van der Waals surface area contributed by atoms with E-state index in [-0.39, 0.29) is 38.4 Å². The summed E-state index contributed by atoms with van der Waals surface area (Å²) in [5, 5.41) is 1.44. The summed E-state index contributed by atoms with van der Waals surface area (Å²) >= 11 is 0. The zero-order valence-electron chi connectivity index (χ0n) is 19.5. The summed E-state index contributed by atoms with van der Waals surface area (Å²) < 4.78 is 24.2. The van der Waals surface area contributed by atoms with Crippen molar-refractivity contribution in [2.75, 3.05) is 19.6 Å². The van der Waals surface area contributed by atoms with Gasteiger partial charge in [-0.15, -0.1) is 0 Å². The Labute approximate surface area is 208 Å². The zero-order chi connectivity index (χ0) is 25.3. The van der Waals surface area contributed by atoms with E-state index in [0.29, 0.717) is 0 Å². The van der Waals surface area contributed by atoms with Gasteiger partial charge in [0.05, 0.1) is 6.54 Å². The topological polar surface area (TPSA) is 88.2 Å². The monoisotopic (exact) mass is 491 g/mol. The number of rotatable bonds is 7. The number of halogens is 1. The highest BCUT2D eigenvalue weighted by molar-refractivity contribution is 5.94. The fraction of sp³-hybridized carbons (Fsp3) is 0.222. The van der Waals surface area contributed by atoms with Crippen LogP contribution in [0.5, 0.6) is 0 Å². The second kappa shape index (κ2) is 11.9. The first-order valence-electron chi connectivity index (χ1n) is 11.5. The van der Waals surface area contributed by atoms with Crippen molar-refractivity contribution in [3.8, 4) is 0 Å². The van der Waals surface area contributed by atoms with Crippen molar-refractivity contribution in [2.24, 2.45) is 0 Å². The van der Waals surface area contributed by atoms with Crippen LogP contribution in [0.2, 0.25) is 0 Å². The molecule has 0 aromatic heterocycles. The van der Waals surface area contributed by atoms with Gasteiger partial charge in [-0.2, -0.15) is 0 Å². The Hall–Kier alpha value is -4.24. The number of nitrogens with one attached hydrogen (secondary N) is 1. The molecule has 0 saturated carbocycles. The number of benzene rings is 3. The van der Waals surface area contributed by atoms with Gasteiger partial charge in [0.15, 0.2) is 0 Å². The van der Waals surface area contributed by atoms with E-state index in [2.05, 4.69) is 5.43 Å². The molecule has 186 valence electrons. The van der Waals surface area contributed by atoms with Crippen molar-refractivity contribution < 1.29 is 28.2 Å². The summed E-state index contributed by atoms with van der Waals surface area (Å²) in [6.07, 6.45) is -0.566. The Kier molecular flexibility index (Phi) is 8.25. The average Bonchev–Trinajstić information content (AvgIpc) is 2.92. The van der Waals surface area contributed by atoms with Crippen molar-refractivity contribution >= 4 is 18.0 Å². The number of nitrogens with zero attached hydrogens (tertiary/aromatic N) is 2. The van der Waals surface area contributed by atoms with E-state index in [4.69, 9.17) is 9.47 Å². The maximum absolute atomic E-state index is 13.2. The Morgan fingerprint density at radius 3 is 2.00 bits per heavy atom. The molecule has 1 N–H and O–H groups in total. The SMILES string of the molecule is O=C(NN1CCN(C(=O)OCc2ccccc2)CC1C(=O)OCc1ccccc1)c1ccc(F)cc1. The molecule has 36 heavy (non-hydrogen) atoms. The van der Waals surface area contributed by atoms with E-state index >= 15 is 0 Å². The predicted octanol–water partition coefficient (Wildman–Crippen LogP) is 3.54. The highest BCUT2D eigenvalue weighted by Crippen LogP contribution is 2.14. The molecule has 3 aromatic rings. The third-order valence-electron chi connectivity index (χ3n) is 5.69.